The Labute approximate surface area is 113 Å². The Bertz CT molecular complexity index is 425. The molecule has 0 unspecified atom stereocenters. The van der Waals surface area contributed by atoms with Crippen LogP contribution in [0.5, 0.6) is 0 Å². The zero-order valence-corrected chi connectivity index (χ0v) is 11.3. The van der Waals surface area contributed by atoms with Crippen molar-refractivity contribution >= 4 is 18.4 Å². The van der Waals surface area contributed by atoms with Crippen LogP contribution in [0.1, 0.15) is 44.6 Å². The van der Waals surface area contributed by atoms with E-state index in [0.717, 1.165) is 36.9 Å². The lowest BCUT2D eigenvalue weighted by Crippen LogP contribution is -2.29. The summed E-state index contributed by atoms with van der Waals surface area (Å²) in [7, 11) is 0. The first-order valence-corrected chi connectivity index (χ1v) is 6.50. The minimum atomic E-state index is -0.767. The van der Waals surface area contributed by atoms with Gasteiger partial charge in [0.05, 0.1) is 5.60 Å². The number of rotatable bonds is 2. The fourth-order valence-electron chi connectivity index (χ4n) is 2.59. The van der Waals surface area contributed by atoms with Gasteiger partial charge < -0.3 is 15.2 Å². The lowest BCUT2D eigenvalue weighted by atomic mass is 9.79. The first kappa shape index (κ1) is 15.4. The van der Waals surface area contributed by atoms with Gasteiger partial charge in [-0.1, -0.05) is 37.5 Å². The number of benzene rings is 1. The van der Waals surface area contributed by atoms with Gasteiger partial charge in [0.2, 0.25) is 5.91 Å². The quantitative estimate of drug-likeness (QED) is 0.862. The lowest BCUT2D eigenvalue weighted by Gasteiger charge is -2.34. The first-order valence-electron chi connectivity index (χ1n) is 6.50. The normalized spacial score (nSPS) is 16.9. The Morgan fingerprint density at radius 2 is 1.79 bits per heavy atom. The standard InChI is InChI=1S/C14H19NO2.CH2O/c1-11(16)15-13-8-4-3-7-12(13)14(17)9-5-2-6-10-14;1-2/h3-4,7-8,17H,2,5-6,9-10H2,1H3,(H,15,16);1H2. The molecule has 0 bridgehead atoms. The highest BCUT2D eigenvalue weighted by atomic mass is 16.3. The van der Waals surface area contributed by atoms with E-state index in [4.69, 9.17) is 4.79 Å². The number of amides is 1. The fraction of sp³-hybridized carbons (Fsp3) is 0.467. The number of carbonyl (C=O) groups is 2. The smallest absolute Gasteiger partial charge is 0.221 e. The van der Waals surface area contributed by atoms with Gasteiger partial charge in [0.1, 0.15) is 6.79 Å². The summed E-state index contributed by atoms with van der Waals surface area (Å²) >= 11 is 0. The highest BCUT2D eigenvalue weighted by Crippen LogP contribution is 2.40. The minimum Gasteiger partial charge on any atom is -0.385 e. The molecule has 1 aliphatic carbocycles. The Morgan fingerprint density at radius 1 is 1.21 bits per heavy atom. The molecule has 2 rings (SSSR count). The van der Waals surface area contributed by atoms with Crippen molar-refractivity contribution in [3.8, 4) is 0 Å². The van der Waals surface area contributed by atoms with Crippen LogP contribution in [0.3, 0.4) is 0 Å². The molecule has 0 radical (unpaired) electrons. The molecule has 0 heterocycles. The summed E-state index contributed by atoms with van der Waals surface area (Å²) in [6, 6.07) is 7.55. The molecule has 104 valence electrons. The van der Waals surface area contributed by atoms with Crippen molar-refractivity contribution in [1.29, 1.82) is 0 Å². The molecule has 0 aliphatic heterocycles. The van der Waals surface area contributed by atoms with E-state index < -0.39 is 5.60 Å². The molecule has 0 aromatic heterocycles. The van der Waals surface area contributed by atoms with E-state index in [2.05, 4.69) is 5.32 Å². The number of hydrogen-bond acceptors (Lipinski definition) is 3. The Morgan fingerprint density at radius 3 is 2.37 bits per heavy atom. The van der Waals surface area contributed by atoms with Crippen molar-refractivity contribution in [2.45, 2.75) is 44.6 Å². The zero-order valence-electron chi connectivity index (χ0n) is 11.3. The molecule has 1 aromatic rings. The molecule has 0 spiro atoms. The van der Waals surface area contributed by atoms with Gasteiger partial charge in [-0.15, -0.1) is 0 Å². The molecular weight excluding hydrogens is 242 g/mol. The molecule has 2 N–H and O–H groups in total. The highest BCUT2D eigenvalue weighted by molar-refractivity contribution is 5.89. The van der Waals surface area contributed by atoms with Gasteiger partial charge in [-0.05, 0) is 18.9 Å². The molecule has 4 nitrogen and oxygen atoms in total. The van der Waals surface area contributed by atoms with Gasteiger partial charge in [-0.25, -0.2) is 0 Å². The largest absolute Gasteiger partial charge is 0.385 e. The molecule has 4 heteroatoms. The summed E-state index contributed by atoms with van der Waals surface area (Å²) in [4.78, 5) is 19.2. The summed E-state index contributed by atoms with van der Waals surface area (Å²) in [5.41, 5.74) is 0.830. The average molecular weight is 263 g/mol. The molecule has 19 heavy (non-hydrogen) atoms. The van der Waals surface area contributed by atoms with Gasteiger partial charge >= 0.3 is 0 Å². The van der Waals surface area contributed by atoms with Crippen molar-refractivity contribution in [3.63, 3.8) is 0 Å². The van der Waals surface area contributed by atoms with Crippen LogP contribution in [0, 0.1) is 0 Å². The van der Waals surface area contributed by atoms with Crippen LogP contribution in [0.15, 0.2) is 24.3 Å². The van der Waals surface area contributed by atoms with E-state index in [1.807, 2.05) is 31.1 Å². The molecule has 1 aliphatic rings. The van der Waals surface area contributed by atoms with Crippen molar-refractivity contribution in [1.82, 2.24) is 0 Å². The second-order valence-corrected chi connectivity index (χ2v) is 4.82. The molecule has 0 saturated heterocycles. The van der Waals surface area contributed by atoms with Crippen molar-refractivity contribution in [2.24, 2.45) is 0 Å². The Kier molecular flexibility index (Phi) is 5.70. The van der Waals surface area contributed by atoms with E-state index in [0.29, 0.717) is 0 Å². The van der Waals surface area contributed by atoms with Crippen LogP contribution in [0.4, 0.5) is 5.69 Å². The fourth-order valence-corrected chi connectivity index (χ4v) is 2.59. The van der Waals surface area contributed by atoms with E-state index in [-0.39, 0.29) is 5.91 Å². The third-order valence-corrected chi connectivity index (χ3v) is 3.42. The predicted octanol–water partition coefficient (Wildman–Crippen LogP) is 2.61. The first-order chi connectivity index (χ1) is 9.12. The summed E-state index contributed by atoms with van der Waals surface area (Å²) in [6.07, 6.45) is 4.84. The van der Waals surface area contributed by atoms with E-state index in [9.17, 15) is 9.90 Å². The van der Waals surface area contributed by atoms with Crippen molar-refractivity contribution < 1.29 is 14.7 Å². The van der Waals surface area contributed by atoms with Gasteiger partial charge in [-0.2, -0.15) is 0 Å². The summed E-state index contributed by atoms with van der Waals surface area (Å²) in [5.74, 6) is -0.100. The summed E-state index contributed by atoms with van der Waals surface area (Å²) in [5, 5.41) is 13.5. The SMILES string of the molecule is C=O.CC(=O)Nc1ccccc1C1(O)CCCCC1. The highest BCUT2D eigenvalue weighted by Gasteiger charge is 2.33. The molecular formula is C15H21NO3. The maximum atomic E-state index is 11.2. The summed E-state index contributed by atoms with van der Waals surface area (Å²) < 4.78 is 0. The third-order valence-electron chi connectivity index (χ3n) is 3.42. The number of anilines is 1. The van der Waals surface area contributed by atoms with Crippen LogP contribution in [0.25, 0.3) is 0 Å². The number of aliphatic hydroxyl groups is 1. The van der Waals surface area contributed by atoms with Crippen LogP contribution in [-0.2, 0) is 15.2 Å². The predicted molar refractivity (Wildman–Crippen MR) is 74.8 cm³/mol. The minimum absolute atomic E-state index is 0.100. The summed E-state index contributed by atoms with van der Waals surface area (Å²) in [6.45, 7) is 3.49. The van der Waals surface area contributed by atoms with Crippen LogP contribution >= 0.6 is 0 Å². The molecule has 1 fully saturated rings. The average Bonchev–Trinajstić information content (AvgIpc) is 2.42. The second-order valence-electron chi connectivity index (χ2n) is 4.82. The van der Waals surface area contributed by atoms with Gasteiger partial charge in [0.25, 0.3) is 0 Å². The molecule has 0 atom stereocenters. The van der Waals surface area contributed by atoms with Gasteiger partial charge in [0.15, 0.2) is 0 Å². The van der Waals surface area contributed by atoms with E-state index in [1.54, 1.807) is 0 Å². The van der Waals surface area contributed by atoms with Crippen LogP contribution < -0.4 is 5.32 Å². The van der Waals surface area contributed by atoms with Gasteiger partial charge in [-0.3, -0.25) is 4.79 Å². The number of carbonyl (C=O) groups excluding carboxylic acids is 2. The monoisotopic (exact) mass is 263 g/mol. The third kappa shape index (κ3) is 3.89. The molecule has 1 aromatic carbocycles. The van der Waals surface area contributed by atoms with Crippen LogP contribution in [-0.4, -0.2) is 17.8 Å². The van der Waals surface area contributed by atoms with Crippen molar-refractivity contribution in [3.05, 3.63) is 29.8 Å². The van der Waals surface area contributed by atoms with Crippen LogP contribution in [0.2, 0.25) is 0 Å². The van der Waals surface area contributed by atoms with Crippen molar-refractivity contribution in [2.75, 3.05) is 5.32 Å². The van der Waals surface area contributed by atoms with E-state index in [1.165, 1.54) is 13.3 Å². The molecule has 1 saturated carbocycles. The van der Waals surface area contributed by atoms with E-state index >= 15 is 0 Å². The number of para-hydroxylation sites is 1. The number of hydrogen-bond donors (Lipinski definition) is 2. The topological polar surface area (TPSA) is 66.4 Å². The van der Waals surface area contributed by atoms with Gasteiger partial charge in [0, 0.05) is 18.2 Å². The Hall–Kier alpha value is -1.68. The second kappa shape index (κ2) is 7.04. The Balaban J connectivity index is 0.000000861. The molecule has 1 amide bonds. The number of nitrogens with one attached hydrogen (secondary N) is 1. The maximum Gasteiger partial charge on any atom is 0.221 e. The maximum absolute atomic E-state index is 11.2. The lowest BCUT2D eigenvalue weighted by molar-refractivity contribution is -0.114. The zero-order chi connectivity index (χ0) is 14.3.